The lowest BCUT2D eigenvalue weighted by Crippen LogP contribution is -2.47. The molecule has 23 heavy (non-hydrogen) atoms. The zero-order valence-corrected chi connectivity index (χ0v) is 13.7. The van der Waals surface area contributed by atoms with Crippen LogP contribution in [0, 0.1) is 19.7 Å². The number of rotatable bonds is 3. The average molecular weight is 316 g/mol. The molecular weight excluding hydrogens is 295 g/mol. The van der Waals surface area contributed by atoms with Crippen LogP contribution < -0.4 is 14.5 Å². The highest BCUT2D eigenvalue weighted by Gasteiger charge is 2.19. The number of hydrogen-bond donors (Lipinski definition) is 0. The summed E-state index contributed by atoms with van der Waals surface area (Å²) in [5.41, 5.74) is 1.87. The van der Waals surface area contributed by atoms with Gasteiger partial charge in [-0.3, -0.25) is 0 Å². The third-order valence-corrected chi connectivity index (χ3v) is 4.06. The van der Waals surface area contributed by atoms with Crippen molar-refractivity contribution in [1.82, 2.24) is 9.97 Å². The Kier molecular flexibility index (Phi) is 4.32. The average Bonchev–Trinajstić information content (AvgIpc) is 2.54. The number of hydrogen-bond acceptors (Lipinski definition) is 5. The van der Waals surface area contributed by atoms with Crippen molar-refractivity contribution < 1.29 is 9.13 Å². The number of ether oxygens (including phenoxy) is 1. The van der Waals surface area contributed by atoms with Crippen LogP contribution in [0.25, 0.3) is 0 Å². The fourth-order valence-electron chi connectivity index (χ4n) is 2.91. The van der Waals surface area contributed by atoms with Crippen molar-refractivity contribution in [2.45, 2.75) is 13.8 Å². The van der Waals surface area contributed by atoms with Gasteiger partial charge in [-0.05, 0) is 26.0 Å². The maximum atomic E-state index is 13.9. The molecule has 0 saturated carbocycles. The molecule has 3 rings (SSSR count). The SMILES string of the molecule is COc1ccc(N2CCN(c3cc(C)nc(C)n3)CC2)cc1F. The summed E-state index contributed by atoms with van der Waals surface area (Å²) in [5.74, 6) is 1.71. The van der Waals surface area contributed by atoms with Crippen molar-refractivity contribution in [3.63, 3.8) is 0 Å². The van der Waals surface area contributed by atoms with Crippen molar-refractivity contribution >= 4 is 11.5 Å². The lowest BCUT2D eigenvalue weighted by Gasteiger charge is -2.36. The Morgan fingerprint density at radius 1 is 1.00 bits per heavy atom. The van der Waals surface area contributed by atoms with E-state index in [4.69, 9.17) is 4.74 Å². The van der Waals surface area contributed by atoms with Crippen LogP contribution in [-0.4, -0.2) is 43.3 Å². The molecule has 1 fully saturated rings. The summed E-state index contributed by atoms with van der Waals surface area (Å²) >= 11 is 0. The molecule has 1 saturated heterocycles. The van der Waals surface area contributed by atoms with Gasteiger partial charge in [-0.15, -0.1) is 0 Å². The van der Waals surface area contributed by atoms with Crippen molar-refractivity contribution in [2.24, 2.45) is 0 Å². The molecule has 0 amide bonds. The molecule has 0 N–H and O–H groups in total. The van der Waals surface area contributed by atoms with Crippen LogP contribution in [0.1, 0.15) is 11.5 Å². The number of methoxy groups -OCH3 is 1. The van der Waals surface area contributed by atoms with E-state index in [9.17, 15) is 4.39 Å². The number of anilines is 2. The predicted octanol–water partition coefficient (Wildman–Crippen LogP) is 2.57. The number of aromatic nitrogens is 2. The van der Waals surface area contributed by atoms with Gasteiger partial charge in [0, 0.05) is 49.7 Å². The molecule has 1 aromatic carbocycles. The number of nitrogens with zero attached hydrogens (tertiary/aromatic N) is 4. The molecule has 0 atom stereocenters. The Labute approximate surface area is 135 Å². The minimum Gasteiger partial charge on any atom is -0.494 e. The molecule has 2 heterocycles. The molecular formula is C17H21FN4O. The summed E-state index contributed by atoms with van der Waals surface area (Å²) in [6, 6.07) is 7.12. The summed E-state index contributed by atoms with van der Waals surface area (Å²) in [7, 11) is 1.47. The number of halogens is 1. The van der Waals surface area contributed by atoms with Crippen molar-refractivity contribution in [2.75, 3.05) is 43.1 Å². The highest BCUT2D eigenvalue weighted by atomic mass is 19.1. The minimum absolute atomic E-state index is 0.277. The number of benzene rings is 1. The Morgan fingerprint density at radius 2 is 1.70 bits per heavy atom. The van der Waals surface area contributed by atoms with Crippen LogP contribution in [0.15, 0.2) is 24.3 Å². The molecule has 0 bridgehead atoms. The number of aryl methyl sites for hydroxylation is 2. The van der Waals surface area contributed by atoms with Gasteiger partial charge in [-0.25, -0.2) is 14.4 Å². The normalized spacial score (nSPS) is 15.0. The van der Waals surface area contributed by atoms with Crippen LogP contribution >= 0.6 is 0 Å². The summed E-state index contributed by atoms with van der Waals surface area (Å²) in [6.07, 6.45) is 0. The quantitative estimate of drug-likeness (QED) is 0.870. The molecule has 0 radical (unpaired) electrons. The predicted molar refractivity (Wildman–Crippen MR) is 88.9 cm³/mol. The minimum atomic E-state index is -0.325. The highest BCUT2D eigenvalue weighted by molar-refractivity contribution is 5.52. The standard InChI is InChI=1S/C17H21FN4O/c1-12-10-17(20-13(2)19-12)22-8-6-21(7-9-22)14-4-5-16(23-3)15(18)11-14/h4-5,10-11H,6-9H2,1-3H3. The van der Waals surface area contributed by atoms with Crippen LogP contribution in [0.5, 0.6) is 5.75 Å². The topological polar surface area (TPSA) is 41.5 Å². The molecule has 122 valence electrons. The summed E-state index contributed by atoms with van der Waals surface area (Å²) in [5, 5.41) is 0. The van der Waals surface area contributed by atoms with Crippen molar-refractivity contribution in [1.29, 1.82) is 0 Å². The summed E-state index contributed by atoms with van der Waals surface area (Å²) in [4.78, 5) is 13.3. The van der Waals surface area contributed by atoms with Gasteiger partial charge in [-0.1, -0.05) is 0 Å². The third-order valence-electron chi connectivity index (χ3n) is 4.06. The zero-order chi connectivity index (χ0) is 16.4. The smallest absolute Gasteiger partial charge is 0.167 e. The van der Waals surface area contributed by atoms with E-state index in [-0.39, 0.29) is 11.6 Å². The lowest BCUT2D eigenvalue weighted by atomic mass is 10.2. The van der Waals surface area contributed by atoms with E-state index in [1.807, 2.05) is 26.0 Å². The van der Waals surface area contributed by atoms with Crippen molar-refractivity contribution in [3.05, 3.63) is 41.6 Å². The van der Waals surface area contributed by atoms with E-state index in [2.05, 4.69) is 19.8 Å². The Morgan fingerprint density at radius 3 is 2.30 bits per heavy atom. The second-order valence-corrected chi connectivity index (χ2v) is 5.71. The molecule has 0 unspecified atom stereocenters. The highest BCUT2D eigenvalue weighted by Crippen LogP contribution is 2.25. The van der Waals surface area contributed by atoms with E-state index < -0.39 is 0 Å². The van der Waals surface area contributed by atoms with E-state index in [1.165, 1.54) is 13.2 Å². The van der Waals surface area contributed by atoms with Crippen molar-refractivity contribution in [3.8, 4) is 5.75 Å². The second-order valence-electron chi connectivity index (χ2n) is 5.71. The molecule has 1 aliphatic rings. The van der Waals surface area contributed by atoms with Gasteiger partial charge in [0.25, 0.3) is 0 Å². The van der Waals surface area contributed by atoms with Gasteiger partial charge in [0.2, 0.25) is 0 Å². The van der Waals surface area contributed by atoms with E-state index in [1.54, 1.807) is 6.07 Å². The Bertz CT molecular complexity index is 679. The van der Waals surface area contributed by atoms with Gasteiger partial charge >= 0.3 is 0 Å². The first-order valence-electron chi connectivity index (χ1n) is 7.72. The van der Waals surface area contributed by atoms with E-state index in [0.717, 1.165) is 49.2 Å². The van der Waals surface area contributed by atoms with Crippen LogP contribution in [0.3, 0.4) is 0 Å². The molecule has 0 spiro atoms. The molecule has 5 nitrogen and oxygen atoms in total. The fraction of sp³-hybridized carbons (Fsp3) is 0.412. The first-order chi connectivity index (χ1) is 11.1. The molecule has 0 aliphatic carbocycles. The zero-order valence-electron chi connectivity index (χ0n) is 13.7. The van der Waals surface area contributed by atoms with Gasteiger partial charge in [0.15, 0.2) is 11.6 Å². The maximum absolute atomic E-state index is 13.9. The maximum Gasteiger partial charge on any atom is 0.167 e. The van der Waals surface area contributed by atoms with Crippen LogP contribution in [0.2, 0.25) is 0 Å². The molecule has 2 aromatic rings. The first kappa shape index (κ1) is 15.5. The first-order valence-corrected chi connectivity index (χ1v) is 7.72. The molecule has 1 aliphatic heterocycles. The lowest BCUT2D eigenvalue weighted by molar-refractivity contribution is 0.386. The van der Waals surface area contributed by atoms with Gasteiger partial charge in [0.1, 0.15) is 11.6 Å². The van der Waals surface area contributed by atoms with E-state index in [0.29, 0.717) is 0 Å². The number of piperazine rings is 1. The van der Waals surface area contributed by atoms with Gasteiger partial charge in [0.05, 0.1) is 7.11 Å². The largest absolute Gasteiger partial charge is 0.494 e. The Balaban J connectivity index is 1.69. The van der Waals surface area contributed by atoms with Crippen LogP contribution in [0.4, 0.5) is 15.9 Å². The summed E-state index contributed by atoms with van der Waals surface area (Å²) < 4.78 is 18.8. The summed E-state index contributed by atoms with van der Waals surface area (Å²) in [6.45, 7) is 7.25. The molecule has 1 aromatic heterocycles. The van der Waals surface area contributed by atoms with Gasteiger partial charge in [-0.2, -0.15) is 0 Å². The van der Waals surface area contributed by atoms with E-state index >= 15 is 0 Å². The van der Waals surface area contributed by atoms with Gasteiger partial charge < -0.3 is 14.5 Å². The van der Waals surface area contributed by atoms with Crippen LogP contribution in [-0.2, 0) is 0 Å². The third kappa shape index (κ3) is 3.36. The fourth-order valence-corrected chi connectivity index (χ4v) is 2.91. The molecule has 6 heteroatoms. The second kappa shape index (κ2) is 6.40. The Hall–Kier alpha value is -2.37. The monoisotopic (exact) mass is 316 g/mol.